The van der Waals surface area contributed by atoms with Crippen LogP contribution >= 0.6 is 7.82 Å². The molecule has 0 spiro atoms. The summed E-state index contributed by atoms with van der Waals surface area (Å²) >= 11 is 0. The highest BCUT2D eigenvalue weighted by atomic mass is 31.2. The molecule has 1 N–H and O–H groups in total. The summed E-state index contributed by atoms with van der Waals surface area (Å²) in [6.45, 7) is 5.50. The Kier molecular flexibility index (Phi) is 43.9. The summed E-state index contributed by atoms with van der Waals surface area (Å²) in [5.74, 6) is -0.318. The van der Waals surface area contributed by atoms with E-state index in [-0.39, 0.29) is 25.8 Å². The number of esters is 1. The van der Waals surface area contributed by atoms with E-state index >= 15 is 0 Å². The minimum Gasteiger partial charge on any atom is -0.457 e. The number of hydrogen-bond acceptors (Lipinski definition) is 6. The van der Waals surface area contributed by atoms with Crippen molar-refractivity contribution in [3.05, 3.63) is 48.6 Å². The first-order valence-corrected chi connectivity index (χ1v) is 26.9. The van der Waals surface area contributed by atoms with Crippen LogP contribution < -0.4 is 0 Å². The lowest BCUT2D eigenvalue weighted by atomic mass is 10.0. The van der Waals surface area contributed by atoms with Gasteiger partial charge in [-0.1, -0.05) is 191 Å². The Morgan fingerprint density at radius 3 is 1.44 bits per heavy atom. The quantitative estimate of drug-likeness (QED) is 0.0214. The maximum atomic E-state index is 12.8. The molecule has 61 heavy (non-hydrogen) atoms. The molecule has 0 bridgehead atoms. The minimum absolute atomic E-state index is 0.0848. The fourth-order valence-corrected chi connectivity index (χ4v) is 7.72. The zero-order chi connectivity index (χ0) is 44.8. The van der Waals surface area contributed by atoms with E-state index in [1.54, 1.807) is 0 Å². The molecule has 0 aromatic rings. The van der Waals surface area contributed by atoms with E-state index in [1.807, 2.05) is 21.1 Å². The number of nitrogens with zero attached hydrogens (tertiary/aromatic N) is 1. The lowest BCUT2D eigenvalue weighted by Crippen LogP contribution is -2.37. The molecule has 0 saturated heterocycles. The predicted molar refractivity (Wildman–Crippen MR) is 261 cm³/mol. The van der Waals surface area contributed by atoms with Crippen LogP contribution in [-0.4, -0.2) is 75.6 Å². The third kappa shape index (κ3) is 49.3. The summed E-state index contributed by atoms with van der Waals surface area (Å²) in [4.78, 5) is 23.0. The van der Waals surface area contributed by atoms with E-state index in [0.29, 0.717) is 24.1 Å². The molecule has 9 heteroatoms. The molecule has 2 unspecified atom stereocenters. The topological polar surface area (TPSA) is 91.3 Å². The number of phosphoric ester groups is 1. The van der Waals surface area contributed by atoms with Crippen LogP contribution in [0.3, 0.4) is 0 Å². The molecule has 0 aliphatic carbocycles. The van der Waals surface area contributed by atoms with Crippen molar-refractivity contribution in [3.63, 3.8) is 0 Å². The number of unbranched alkanes of at least 4 members (excludes halogenated alkanes) is 25. The Morgan fingerprint density at radius 1 is 0.525 bits per heavy atom. The van der Waals surface area contributed by atoms with Crippen LogP contribution in [0.4, 0.5) is 0 Å². The van der Waals surface area contributed by atoms with Gasteiger partial charge < -0.3 is 18.9 Å². The molecule has 0 saturated carbocycles. The van der Waals surface area contributed by atoms with Gasteiger partial charge in [0, 0.05) is 13.0 Å². The molecule has 0 aliphatic heterocycles. The molecule has 0 aromatic heterocycles. The average Bonchev–Trinajstić information content (AvgIpc) is 3.22. The second kappa shape index (κ2) is 45.0. The van der Waals surface area contributed by atoms with Crippen LogP contribution in [0.25, 0.3) is 0 Å². The summed E-state index contributed by atoms with van der Waals surface area (Å²) in [6, 6.07) is 0. The highest BCUT2D eigenvalue weighted by molar-refractivity contribution is 7.47. The van der Waals surface area contributed by atoms with Gasteiger partial charge in [-0.3, -0.25) is 13.8 Å². The first kappa shape index (κ1) is 59.5. The predicted octanol–water partition coefficient (Wildman–Crippen LogP) is 15.5. The molecule has 0 aromatic carbocycles. The largest absolute Gasteiger partial charge is 0.472 e. The maximum absolute atomic E-state index is 12.8. The van der Waals surface area contributed by atoms with Crippen LogP contribution in [0.15, 0.2) is 48.6 Å². The highest BCUT2D eigenvalue weighted by Gasteiger charge is 2.26. The monoisotopic (exact) mass is 881 g/mol. The molecule has 8 nitrogen and oxygen atoms in total. The zero-order valence-electron chi connectivity index (χ0n) is 40.7. The molecule has 0 fully saturated rings. The summed E-state index contributed by atoms with van der Waals surface area (Å²) in [5, 5.41) is 0. The van der Waals surface area contributed by atoms with Crippen molar-refractivity contribution in [3.8, 4) is 0 Å². The number of carbonyl (C=O) groups is 1. The Labute approximate surface area is 378 Å². The van der Waals surface area contributed by atoms with E-state index < -0.39 is 13.9 Å². The third-order valence-electron chi connectivity index (χ3n) is 10.9. The van der Waals surface area contributed by atoms with Crippen molar-refractivity contribution in [1.82, 2.24) is 0 Å². The van der Waals surface area contributed by atoms with Crippen molar-refractivity contribution in [2.75, 3.05) is 54.1 Å². The van der Waals surface area contributed by atoms with Gasteiger partial charge in [-0.2, -0.15) is 0 Å². The van der Waals surface area contributed by atoms with Gasteiger partial charge in [-0.25, -0.2) is 4.57 Å². The number of hydrogen-bond donors (Lipinski definition) is 1. The summed E-state index contributed by atoms with van der Waals surface area (Å²) in [7, 11) is 1.66. The molecular formula is C52H99NO7P+. The van der Waals surface area contributed by atoms with Crippen molar-refractivity contribution in [2.45, 2.75) is 225 Å². The number of carbonyl (C=O) groups excluding carboxylic acids is 1. The third-order valence-corrected chi connectivity index (χ3v) is 11.9. The lowest BCUT2D eigenvalue weighted by Gasteiger charge is -2.24. The van der Waals surface area contributed by atoms with E-state index in [1.165, 1.54) is 141 Å². The van der Waals surface area contributed by atoms with Crippen LogP contribution in [0.2, 0.25) is 0 Å². The van der Waals surface area contributed by atoms with Gasteiger partial charge in [0.15, 0.2) is 0 Å². The maximum Gasteiger partial charge on any atom is 0.472 e. The minimum atomic E-state index is -4.28. The fourth-order valence-electron chi connectivity index (χ4n) is 6.97. The van der Waals surface area contributed by atoms with Gasteiger partial charge in [0.1, 0.15) is 19.3 Å². The van der Waals surface area contributed by atoms with E-state index in [4.69, 9.17) is 18.5 Å². The second-order valence-corrected chi connectivity index (χ2v) is 19.6. The molecule has 358 valence electrons. The van der Waals surface area contributed by atoms with Gasteiger partial charge in [0.2, 0.25) is 0 Å². The van der Waals surface area contributed by atoms with Crippen molar-refractivity contribution in [2.24, 2.45) is 0 Å². The molecule has 0 radical (unpaired) electrons. The van der Waals surface area contributed by atoms with Gasteiger partial charge in [0.05, 0.1) is 34.4 Å². The SMILES string of the molecule is CC/C=C\C/C=C\C/C=C\CCCCCCCCOCC(COP(=O)(O)OCC[N+](C)(C)C)OC(=O)CCCCCCCCCCCCC/C=C\CCCCCCCCCC. The zero-order valence-corrected chi connectivity index (χ0v) is 41.5. The van der Waals surface area contributed by atoms with Crippen LogP contribution in [-0.2, 0) is 27.9 Å². The molecule has 2 atom stereocenters. The number of likely N-dealkylation sites (N-methyl/N-ethyl adjacent to an activating group) is 1. The fraction of sp³-hybridized carbons (Fsp3) is 0.827. The molecular weight excluding hydrogens is 782 g/mol. The van der Waals surface area contributed by atoms with Crippen LogP contribution in [0.1, 0.15) is 219 Å². The second-order valence-electron chi connectivity index (χ2n) is 18.2. The standard InChI is InChI=1S/C52H98NO7P/c1-6-8-10-12-14-16-18-20-22-24-25-26-27-28-29-30-31-33-35-37-39-41-43-45-52(54)60-51(50-59-61(55,56)58-48-46-53(3,4)5)49-57-47-44-42-40-38-36-34-32-23-21-19-17-15-13-11-9-7-2/h9,11,15,17,21,23-25,51H,6-8,10,12-14,16,18-20,22,26-50H2,1-5H3/p+1/b11-9-,17-15-,23-21-,25-24-. The summed E-state index contributed by atoms with van der Waals surface area (Å²) in [5.41, 5.74) is 0. The van der Waals surface area contributed by atoms with Gasteiger partial charge >= 0.3 is 13.8 Å². The Balaban J connectivity index is 4.13. The Morgan fingerprint density at radius 2 is 0.951 bits per heavy atom. The lowest BCUT2D eigenvalue weighted by molar-refractivity contribution is -0.870. The van der Waals surface area contributed by atoms with Crippen molar-refractivity contribution in [1.29, 1.82) is 0 Å². The number of ether oxygens (including phenoxy) is 2. The van der Waals surface area contributed by atoms with Crippen LogP contribution in [0.5, 0.6) is 0 Å². The first-order chi connectivity index (χ1) is 29.6. The number of allylic oxidation sites excluding steroid dienone is 8. The van der Waals surface area contributed by atoms with E-state index in [9.17, 15) is 14.3 Å². The normalized spacial score (nSPS) is 14.0. The molecule has 0 amide bonds. The van der Waals surface area contributed by atoms with Gasteiger partial charge in [-0.15, -0.1) is 0 Å². The Hall–Kier alpha value is -1.54. The van der Waals surface area contributed by atoms with Crippen molar-refractivity contribution < 1.29 is 37.3 Å². The Bertz CT molecular complexity index is 1120. The highest BCUT2D eigenvalue weighted by Crippen LogP contribution is 2.43. The average molecular weight is 881 g/mol. The summed E-state index contributed by atoms with van der Waals surface area (Å²) < 4.78 is 35.1. The number of rotatable bonds is 47. The van der Waals surface area contributed by atoms with Crippen molar-refractivity contribution >= 4 is 13.8 Å². The van der Waals surface area contributed by atoms with Gasteiger partial charge in [-0.05, 0) is 70.6 Å². The number of phosphoric acid groups is 1. The smallest absolute Gasteiger partial charge is 0.457 e. The van der Waals surface area contributed by atoms with E-state index in [2.05, 4.69) is 62.5 Å². The first-order valence-electron chi connectivity index (χ1n) is 25.4. The summed E-state index contributed by atoms with van der Waals surface area (Å²) in [6.07, 6.45) is 55.9. The van der Waals surface area contributed by atoms with Gasteiger partial charge in [0.25, 0.3) is 0 Å². The van der Waals surface area contributed by atoms with E-state index in [0.717, 1.165) is 57.8 Å². The van der Waals surface area contributed by atoms with Crippen LogP contribution in [0, 0.1) is 0 Å². The molecule has 0 rings (SSSR count). The molecule has 0 heterocycles. The molecule has 0 aliphatic rings. The number of quaternary nitrogens is 1.